The van der Waals surface area contributed by atoms with Crippen molar-refractivity contribution >= 4 is 17.5 Å². The fraction of sp³-hybridized carbons (Fsp3) is 0.333. The fourth-order valence-electron chi connectivity index (χ4n) is 3.18. The number of aryl methyl sites for hydroxylation is 1. The van der Waals surface area contributed by atoms with E-state index in [0.29, 0.717) is 25.9 Å². The Labute approximate surface area is 154 Å². The van der Waals surface area contributed by atoms with Crippen molar-refractivity contribution in [2.75, 3.05) is 25.1 Å². The van der Waals surface area contributed by atoms with Gasteiger partial charge in [0.05, 0.1) is 7.11 Å². The van der Waals surface area contributed by atoms with Crippen LogP contribution >= 0.6 is 0 Å². The zero-order valence-electron chi connectivity index (χ0n) is 15.0. The molecule has 2 aromatic carbocycles. The molecule has 0 bridgehead atoms. The number of nitrogens with zero attached hydrogens (tertiary/aromatic N) is 1. The molecule has 5 nitrogen and oxygen atoms in total. The highest BCUT2D eigenvalue weighted by molar-refractivity contribution is 5.95. The maximum absolute atomic E-state index is 12.3. The number of anilines is 1. The van der Waals surface area contributed by atoms with E-state index in [1.54, 1.807) is 12.0 Å². The van der Waals surface area contributed by atoms with Crippen LogP contribution in [0.4, 0.5) is 5.69 Å². The van der Waals surface area contributed by atoms with Crippen molar-refractivity contribution in [2.45, 2.75) is 19.3 Å². The number of rotatable bonds is 7. The van der Waals surface area contributed by atoms with Crippen LogP contribution in [0, 0.1) is 5.92 Å². The molecule has 1 fully saturated rings. The summed E-state index contributed by atoms with van der Waals surface area (Å²) in [6.07, 6.45) is 1.66. The lowest BCUT2D eigenvalue weighted by Gasteiger charge is -2.17. The Hall–Kier alpha value is -2.82. The van der Waals surface area contributed by atoms with Crippen molar-refractivity contribution in [3.63, 3.8) is 0 Å². The van der Waals surface area contributed by atoms with Crippen LogP contribution < -0.4 is 15.0 Å². The third-order valence-electron chi connectivity index (χ3n) is 4.66. The molecule has 0 aliphatic carbocycles. The van der Waals surface area contributed by atoms with E-state index in [1.807, 2.05) is 54.6 Å². The Kier molecular flexibility index (Phi) is 5.89. The zero-order chi connectivity index (χ0) is 18.4. The largest absolute Gasteiger partial charge is 0.497 e. The summed E-state index contributed by atoms with van der Waals surface area (Å²) in [5.41, 5.74) is 2.03. The van der Waals surface area contributed by atoms with Gasteiger partial charge in [0.15, 0.2) is 0 Å². The third kappa shape index (κ3) is 4.63. The van der Waals surface area contributed by atoms with Crippen LogP contribution in [-0.2, 0) is 16.0 Å². The van der Waals surface area contributed by atoms with Crippen LogP contribution in [-0.4, -0.2) is 32.0 Å². The lowest BCUT2D eigenvalue weighted by molar-refractivity contribution is -0.121. The number of benzene rings is 2. The number of carbonyl (C=O) groups excluding carboxylic acids is 2. The van der Waals surface area contributed by atoms with Crippen LogP contribution in [0.3, 0.4) is 0 Å². The normalized spacial score (nSPS) is 16.6. The first-order valence-corrected chi connectivity index (χ1v) is 8.91. The Bertz CT molecular complexity index is 744. The number of nitrogens with one attached hydrogen (secondary N) is 1. The first kappa shape index (κ1) is 18.0. The number of hydrogen-bond donors (Lipinski definition) is 1. The summed E-state index contributed by atoms with van der Waals surface area (Å²) < 4.78 is 5.15. The smallest absolute Gasteiger partial charge is 0.227 e. The molecule has 1 unspecified atom stereocenters. The summed E-state index contributed by atoms with van der Waals surface area (Å²) >= 11 is 0. The van der Waals surface area contributed by atoms with Crippen LogP contribution in [0.15, 0.2) is 54.6 Å². The number of hydrogen-bond acceptors (Lipinski definition) is 3. The van der Waals surface area contributed by atoms with Gasteiger partial charge in [-0.05, 0) is 36.2 Å². The number of methoxy groups -OCH3 is 1. The Morgan fingerprint density at radius 1 is 1.15 bits per heavy atom. The third-order valence-corrected chi connectivity index (χ3v) is 4.66. The van der Waals surface area contributed by atoms with E-state index in [1.165, 1.54) is 0 Å². The van der Waals surface area contributed by atoms with Gasteiger partial charge in [-0.25, -0.2) is 0 Å². The zero-order valence-corrected chi connectivity index (χ0v) is 15.0. The van der Waals surface area contributed by atoms with Crippen LogP contribution in [0.5, 0.6) is 5.75 Å². The van der Waals surface area contributed by atoms with Crippen LogP contribution in [0.25, 0.3) is 0 Å². The van der Waals surface area contributed by atoms with E-state index in [2.05, 4.69) is 5.32 Å². The summed E-state index contributed by atoms with van der Waals surface area (Å²) in [4.78, 5) is 26.1. The van der Waals surface area contributed by atoms with Gasteiger partial charge in [-0.15, -0.1) is 0 Å². The first-order valence-electron chi connectivity index (χ1n) is 8.91. The highest BCUT2D eigenvalue weighted by atomic mass is 16.5. The quantitative estimate of drug-likeness (QED) is 0.834. The molecule has 1 aliphatic heterocycles. The predicted molar refractivity (Wildman–Crippen MR) is 101 cm³/mol. The minimum atomic E-state index is 0.0317. The molecular weight excluding hydrogens is 328 g/mol. The molecule has 1 saturated heterocycles. The molecule has 0 aromatic heterocycles. The lowest BCUT2D eigenvalue weighted by Crippen LogP contribution is -2.31. The van der Waals surface area contributed by atoms with E-state index < -0.39 is 0 Å². The SMILES string of the molecule is COc1ccc(N2CC(CNC(=O)CCc3ccccc3)CC2=O)cc1. The van der Waals surface area contributed by atoms with Gasteiger partial charge < -0.3 is 15.0 Å². The fourth-order valence-corrected chi connectivity index (χ4v) is 3.18. The summed E-state index contributed by atoms with van der Waals surface area (Å²) in [7, 11) is 1.62. The van der Waals surface area contributed by atoms with E-state index >= 15 is 0 Å². The predicted octanol–water partition coefficient (Wildman–Crippen LogP) is 2.80. The van der Waals surface area contributed by atoms with E-state index in [0.717, 1.165) is 23.4 Å². The Morgan fingerprint density at radius 3 is 2.58 bits per heavy atom. The van der Waals surface area contributed by atoms with Crippen molar-refractivity contribution < 1.29 is 14.3 Å². The van der Waals surface area contributed by atoms with E-state index in [-0.39, 0.29) is 17.7 Å². The van der Waals surface area contributed by atoms with Crippen molar-refractivity contribution in [3.8, 4) is 5.75 Å². The minimum Gasteiger partial charge on any atom is -0.497 e. The molecule has 5 heteroatoms. The van der Waals surface area contributed by atoms with Gasteiger partial charge in [0.1, 0.15) is 5.75 Å². The van der Waals surface area contributed by atoms with Gasteiger partial charge in [-0.1, -0.05) is 30.3 Å². The van der Waals surface area contributed by atoms with Gasteiger partial charge in [-0.2, -0.15) is 0 Å². The maximum atomic E-state index is 12.3. The highest BCUT2D eigenvalue weighted by Crippen LogP contribution is 2.26. The average molecular weight is 352 g/mol. The number of amides is 2. The second-order valence-electron chi connectivity index (χ2n) is 6.56. The summed E-state index contributed by atoms with van der Waals surface area (Å²) in [6, 6.07) is 17.4. The molecule has 0 spiro atoms. The molecule has 3 rings (SSSR count). The van der Waals surface area contributed by atoms with Crippen LogP contribution in [0.2, 0.25) is 0 Å². The monoisotopic (exact) mass is 352 g/mol. The summed E-state index contributed by atoms with van der Waals surface area (Å²) in [6.45, 7) is 1.16. The molecule has 1 heterocycles. The Morgan fingerprint density at radius 2 is 1.88 bits per heavy atom. The first-order chi connectivity index (χ1) is 12.7. The molecule has 1 N–H and O–H groups in total. The van der Waals surface area contributed by atoms with Crippen molar-refractivity contribution in [1.29, 1.82) is 0 Å². The van der Waals surface area contributed by atoms with Gasteiger partial charge in [0, 0.05) is 37.5 Å². The standard InChI is InChI=1S/C21H24N2O3/c1-26-19-10-8-18(9-11-19)23-15-17(13-21(23)25)14-22-20(24)12-7-16-5-3-2-4-6-16/h2-6,8-11,17H,7,12-15H2,1H3,(H,22,24). The van der Waals surface area contributed by atoms with Gasteiger partial charge in [0.25, 0.3) is 0 Å². The molecule has 0 saturated carbocycles. The molecule has 1 atom stereocenters. The maximum Gasteiger partial charge on any atom is 0.227 e. The van der Waals surface area contributed by atoms with E-state index in [9.17, 15) is 9.59 Å². The molecule has 0 radical (unpaired) electrons. The van der Waals surface area contributed by atoms with Crippen molar-refractivity contribution in [1.82, 2.24) is 5.32 Å². The van der Waals surface area contributed by atoms with Crippen molar-refractivity contribution in [3.05, 3.63) is 60.2 Å². The second kappa shape index (κ2) is 8.52. The minimum absolute atomic E-state index is 0.0317. The van der Waals surface area contributed by atoms with E-state index in [4.69, 9.17) is 4.74 Å². The number of carbonyl (C=O) groups is 2. The second-order valence-corrected chi connectivity index (χ2v) is 6.56. The highest BCUT2D eigenvalue weighted by Gasteiger charge is 2.30. The molecule has 136 valence electrons. The average Bonchev–Trinajstić information content (AvgIpc) is 3.06. The topological polar surface area (TPSA) is 58.6 Å². The molecule has 2 aromatic rings. The van der Waals surface area contributed by atoms with Gasteiger partial charge in [-0.3, -0.25) is 9.59 Å². The molecule has 2 amide bonds. The molecular formula is C21H24N2O3. The molecule has 1 aliphatic rings. The summed E-state index contributed by atoms with van der Waals surface area (Å²) in [5.74, 6) is 1.04. The Balaban J connectivity index is 1.45. The number of ether oxygens (including phenoxy) is 1. The summed E-state index contributed by atoms with van der Waals surface area (Å²) in [5, 5.41) is 2.97. The molecule has 26 heavy (non-hydrogen) atoms. The van der Waals surface area contributed by atoms with Crippen molar-refractivity contribution in [2.24, 2.45) is 5.92 Å². The van der Waals surface area contributed by atoms with Gasteiger partial charge >= 0.3 is 0 Å². The lowest BCUT2D eigenvalue weighted by atomic mass is 10.1. The van der Waals surface area contributed by atoms with Crippen LogP contribution in [0.1, 0.15) is 18.4 Å². The van der Waals surface area contributed by atoms with Gasteiger partial charge in [0.2, 0.25) is 11.8 Å².